The van der Waals surface area contributed by atoms with E-state index in [1.54, 1.807) is 11.3 Å². The van der Waals surface area contributed by atoms with Gasteiger partial charge in [0.05, 0.1) is 5.75 Å². The fourth-order valence-electron chi connectivity index (χ4n) is 0.853. The van der Waals surface area contributed by atoms with E-state index in [0.717, 1.165) is 13.8 Å². The zero-order chi connectivity index (χ0) is 17.4. The van der Waals surface area contributed by atoms with Crippen LogP contribution in [-0.4, -0.2) is 32.4 Å². The van der Waals surface area contributed by atoms with Crippen LogP contribution in [0.2, 0.25) is 0 Å². The van der Waals surface area contributed by atoms with Crippen molar-refractivity contribution in [2.75, 3.05) is 5.75 Å². The molecule has 126 valence electrons. The second-order valence-electron chi connectivity index (χ2n) is 4.11. The molecule has 0 aliphatic carbocycles. The van der Waals surface area contributed by atoms with Crippen molar-refractivity contribution < 1.29 is 30.9 Å². The molecule has 0 aliphatic heterocycles. The number of esters is 1. The fourth-order valence-corrected chi connectivity index (χ4v) is 1.90. The van der Waals surface area contributed by atoms with Crippen LogP contribution >= 0.6 is 11.3 Å². The standard InChI is InChI=1S/C9H14F2O5S.C4H4S/c1-5-17(13,14)16-9(10,11)7(4)15-8(12)6(2)3;1-2-4-5-3-1/h7H,2,5H2,1,3-4H3;1-4H. The maximum Gasteiger partial charge on any atom is 0.405 e. The van der Waals surface area contributed by atoms with E-state index < -0.39 is 34.1 Å². The average molecular weight is 356 g/mol. The lowest BCUT2D eigenvalue weighted by Gasteiger charge is -2.22. The Kier molecular flexibility index (Phi) is 8.43. The molecule has 0 spiro atoms. The van der Waals surface area contributed by atoms with Crippen LogP contribution in [0.15, 0.2) is 35.0 Å². The molecule has 1 atom stereocenters. The normalized spacial score (nSPS) is 12.8. The number of carbonyl (C=O) groups is 1. The maximum absolute atomic E-state index is 13.2. The molecule has 9 heteroatoms. The summed E-state index contributed by atoms with van der Waals surface area (Å²) in [7, 11) is -4.34. The summed E-state index contributed by atoms with van der Waals surface area (Å²) in [6, 6.07) is 4.04. The molecule has 1 unspecified atom stereocenters. The van der Waals surface area contributed by atoms with Crippen molar-refractivity contribution in [2.45, 2.75) is 33.0 Å². The van der Waals surface area contributed by atoms with Crippen molar-refractivity contribution in [3.63, 3.8) is 0 Å². The average Bonchev–Trinajstić information content (AvgIpc) is 2.96. The summed E-state index contributed by atoms with van der Waals surface area (Å²) >= 11 is 1.71. The molecule has 22 heavy (non-hydrogen) atoms. The highest BCUT2D eigenvalue weighted by Gasteiger charge is 2.45. The molecule has 1 heterocycles. The minimum Gasteiger partial charge on any atom is -0.450 e. The highest BCUT2D eigenvalue weighted by molar-refractivity contribution is 7.86. The zero-order valence-corrected chi connectivity index (χ0v) is 14.0. The second-order valence-corrected chi connectivity index (χ2v) is 6.79. The monoisotopic (exact) mass is 356 g/mol. The first-order chi connectivity index (χ1) is 10.0. The first kappa shape index (κ1) is 20.7. The molecule has 1 aromatic heterocycles. The molecule has 1 aromatic rings. The van der Waals surface area contributed by atoms with Crippen LogP contribution in [0.25, 0.3) is 0 Å². The molecule has 0 N–H and O–H groups in total. The molecule has 0 amide bonds. The summed E-state index contributed by atoms with van der Waals surface area (Å²) in [5, 5.41) is 4.08. The topological polar surface area (TPSA) is 69.7 Å². The van der Waals surface area contributed by atoms with Crippen LogP contribution in [0.1, 0.15) is 20.8 Å². The summed E-state index contributed by atoms with van der Waals surface area (Å²) < 4.78 is 56.1. The van der Waals surface area contributed by atoms with Gasteiger partial charge in [-0.2, -0.15) is 32.7 Å². The van der Waals surface area contributed by atoms with Crippen molar-refractivity contribution in [1.82, 2.24) is 0 Å². The maximum atomic E-state index is 13.2. The SMILES string of the molecule is C=C(C)C(=O)OC(C)C(F)(F)OS(=O)(=O)CC.c1ccsc1. The summed E-state index contributed by atoms with van der Waals surface area (Å²) in [6.07, 6.45) is -6.15. The highest BCUT2D eigenvalue weighted by Crippen LogP contribution is 2.25. The molecule has 0 aliphatic rings. The summed E-state index contributed by atoms with van der Waals surface area (Å²) in [5.41, 5.74) is -0.0778. The minimum absolute atomic E-state index is 0.0778. The first-order valence-electron chi connectivity index (χ1n) is 6.16. The van der Waals surface area contributed by atoms with Gasteiger partial charge in [-0.1, -0.05) is 18.7 Å². The number of carbonyl (C=O) groups excluding carboxylic acids is 1. The molecule has 0 fully saturated rings. The molecular formula is C13H18F2O5S2. The molecule has 0 radical (unpaired) electrons. The number of alkyl halides is 2. The van der Waals surface area contributed by atoms with Crippen LogP contribution < -0.4 is 0 Å². The fraction of sp³-hybridized carbons (Fsp3) is 0.462. The van der Waals surface area contributed by atoms with Gasteiger partial charge in [-0.25, -0.2) is 4.79 Å². The third kappa shape index (κ3) is 8.20. The van der Waals surface area contributed by atoms with Crippen LogP contribution in [-0.2, 0) is 23.8 Å². The first-order valence-corrected chi connectivity index (χ1v) is 8.68. The van der Waals surface area contributed by atoms with E-state index in [2.05, 4.69) is 15.5 Å². The van der Waals surface area contributed by atoms with Crippen molar-refractivity contribution in [3.05, 3.63) is 35.0 Å². The number of ether oxygens (including phenoxy) is 1. The van der Waals surface area contributed by atoms with Crippen molar-refractivity contribution >= 4 is 27.4 Å². The van der Waals surface area contributed by atoms with Crippen LogP contribution in [0.3, 0.4) is 0 Å². The van der Waals surface area contributed by atoms with E-state index in [-0.39, 0.29) is 5.57 Å². The Balaban J connectivity index is 0.000000734. The lowest BCUT2D eigenvalue weighted by Crippen LogP contribution is -2.39. The van der Waals surface area contributed by atoms with E-state index >= 15 is 0 Å². The molecule has 0 bridgehead atoms. The van der Waals surface area contributed by atoms with Gasteiger partial charge in [0, 0.05) is 5.57 Å². The molecule has 0 aromatic carbocycles. The lowest BCUT2D eigenvalue weighted by molar-refractivity contribution is -0.240. The van der Waals surface area contributed by atoms with Gasteiger partial charge in [-0.15, -0.1) is 0 Å². The van der Waals surface area contributed by atoms with Gasteiger partial charge < -0.3 is 4.74 Å². The molecule has 5 nitrogen and oxygen atoms in total. The van der Waals surface area contributed by atoms with Gasteiger partial charge >= 0.3 is 12.1 Å². The van der Waals surface area contributed by atoms with E-state index in [9.17, 15) is 22.0 Å². The third-order valence-corrected chi connectivity index (χ3v) is 3.93. The molecule has 0 saturated carbocycles. The number of rotatable bonds is 6. The Labute approximate surface area is 132 Å². The Morgan fingerprint density at radius 3 is 2.18 bits per heavy atom. The smallest absolute Gasteiger partial charge is 0.405 e. The number of halogens is 2. The quantitative estimate of drug-likeness (QED) is 0.445. The minimum atomic E-state index is -4.34. The van der Waals surface area contributed by atoms with Gasteiger partial charge in [-0.3, -0.25) is 0 Å². The third-order valence-electron chi connectivity index (χ3n) is 2.12. The van der Waals surface area contributed by atoms with Gasteiger partial charge in [0.1, 0.15) is 0 Å². The predicted molar refractivity (Wildman–Crippen MR) is 80.2 cm³/mol. The van der Waals surface area contributed by atoms with Gasteiger partial charge in [0.15, 0.2) is 6.10 Å². The van der Waals surface area contributed by atoms with Gasteiger partial charge in [0.25, 0.3) is 10.1 Å². The van der Waals surface area contributed by atoms with Crippen molar-refractivity contribution in [3.8, 4) is 0 Å². The highest BCUT2D eigenvalue weighted by atomic mass is 32.2. The number of thiophene rings is 1. The van der Waals surface area contributed by atoms with E-state index in [4.69, 9.17) is 0 Å². The largest absolute Gasteiger partial charge is 0.450 e. The van der Waals surface area contributed by atoms with E-state index in [1.165, 1.54) is 6.92 Å². The zero-order valence-electron chi connectivity index (χ0n) is 12.4. The summed E-state index contributed by atoms with van der Waals surface area (Å²) in [4.78, 5) is 11.0. The molecule has 1 rings (SSSR count). The molecular weight excluding hydrogens is 338 g/mol. The predicted octanol–water partition coefficient (Wildman–Crippen LogP) is 3.20. The number of hydrogen-bond donors (Lipinski definition) is 0. The Bertz CT molecular complexity index is 550. The molecule has 0 saturated heterocycles. The van der Waals surface area contributed by atoms with E-state index in [0.29, 0.717) is 0 Å². The second kappa shape index (κ2) is 8.96. The van der Waals surface area contributed by atoms with Gasteiger partial charge in [0.2, 0.25) is 0 Å². The number of hydrogen-bond acceptors (Lipinski definition) is 6. The van der Waals surface area contributed by atoms with E-state index in [1.807, 2.05) is 22.9 Å². The van der Waals surface area contributed by atoms with Crippen molar-refractivity contribution in [1.29, 1.82) is 0 Å². The lowest BCUT2D eigenvalue weighted by atomic mass is 10.3. The van der Waals surface area contributed by atoms with Crippen LogP contribution in [0.4, 0.5) is 8.78 Å². The summed E-state index contributed by atoms with van der Waals surface area (Å²) in [6.45, 7) is 6.45. The van der Waals surface area contributed by atoms with Crippen LogP contribution in [0, 0.1) is 0 Å². The van der Waals surface area contributed by atoms with Crippen molar-refractivity contribution in [2.24, 2.45) is 0 Å². The Morgan fingerprint density at radius 2 is 1.86 bits per heavy atom. The summed E-state index contributed by atoms with van der Waals surface area (Å²) in [5.74, 6) is -1.65. The Morgan fingerprint density at radius 1 is 1.36 bits per heavy atom. The Hall–Kier alpha value is -1.32. The van der Waals surface area contributed by atoms with Gasteiger partial charge in [-0.05, 0) is 31.5 Å². The van der Waals surface area contributed by atoms with Crippen LogP contribution in [0.5, 0.6) is 0 Å².